The lowest BCUT2D eigenvalue weighted by atomic mass is 9.74. The minimum atomic E-state index is 0.0973. The van der Waals surface area contributed by atoms with E-state index >= 15 is 0 Å². The highest BCUT2D eigenvalue weighted by molar-refractivity contribution is 7.79. The van der Waals surface area contributed by atoms with Gasteiger partial charge in [0.05, 0.1) is 6.61 Å². The smallest absolute Gasteiger partial charge is 0.0681 e. The molecule has 0 spiro atoms. The average Bonchev–Trinajstić information content (AvgIpc) is 2.68. The number of aliphatic hydroxyl groups is 1. The summed E-state index contributed by atoms with van der Waals surface area (Å²) >= 11 is 3.53. The molecule has 2 aromatic carbocycles. The topological polar surface area (TPSA) is 20.2 Å². The highest BCUT2D eigenvalue weighted by Gasteiger charge is 2.25. The van der Waals surface area contributed by atoms with Gasteiger partial charge in [0.15, 0.2) is 0 Å². The molecule has 0 saturated carbocycles. The molecule has 2 rings (SSSR count). The van der Waals surface area contributed by atoms with Gasteiger partial charge in [0, 0.05) is 5.92 Å². The van der Waals surface area contributed by atoms with E-state index in [1.165, 1.54) is 17.5 Å². The Morgan fingerprint density at radius 2 is 1.65 bits per heavy atom. The van der Waals surface area contributed by atoms with Crippen molar-refractivity contribution in [2.75, 3.05) is 6.26 Å². The largest absolute Gasteiger partial charge is 0.392 e. The van der Waals surface area contributed by atoms with E-state index in [4.69, 9.17) is 0 Å². The quantitative estimate of drug-likeness (QED) is 0.395. The second-order valence-electron chi connectivity index (χ2n) is 7.34. The zero-order valence-electron chi connectivity index (χ0n) is 16.7. The predicted molar refractivity (Wildman–Crippen MR) is 118 cm³/mol. The molecule has 0 bridgehead atoms. The van der Waals surface area contributed by atoms with Crippen molar-refractivity contribution in [3.63, 3.8) is 0 Å². The van der Waals surface area contributed by atoms with Gasteiger partial charge < -0.3 is 5.11 Å². The number of hydrogen-bond acceptors (Lipinski definition) is 2. The van der Waals surface area contributed by atoms with Gasteiger partial charge in [-0.05, 0) is 54.5 Å². The number of rotatable bonds is 8. The predicted octanol–water partition coefficient (Wildman–Crippen LogP) is 6.63. The first-order valence-corrected chi connectivity index (χ1v) is 10.3. The van der Waals surface area contributed by atoms with Crippen molar-refractivity contribution >= 4 is 12.6 Å². The summed E-state index contributed by atoms with van der Waals surface area (Å²) in [4.78, 5) is 0. The van der Waals surface area contributed by atoms with Crippen LogP contribution in [0, 0.1) is 5.41 Å². The second-order valence-corrected chi connectivity index (χ2v) is 7.34. The second kappa shape index (κ2) is 12.0. The lowest BCUT2D eigenvalue weighted by Crippen LogP contribution is -2.17. The minimum absolute atomic E-state index is 0.0973. The number of hydrogen-bond donors (Lipinski definition) is 2. The van der Waals surface area contributed by atoms with Crippen molar-refractivity contribution in [3.05, 3.63) is 83.4 Å². The van der Waals surface area contributed by atoms with Crippen LogP contribution in [0.1, 0.15) is 62.6 Å². The molecule has 0 saturated heterocycles. The Balaban J connectivity index is 0.00000163. The van der Waals surface area contributed by atoms with Crippen LogP contribution in [0.5, 0.6) is 0 Å². The first-order valence-electron chi connectivity index (χ1n) is 9.36. The Morgan fingerprint density at radius 1 is 1.00 bits per heavy atom. The summed E-state index contributed by atoms with van der Waals surface area (Å²) in [5.74, 6) is 0.360. The molecule has 1 unspecified atom stereocenters. The molecular formula is C24H34OS. The van der Waals surface area contributed by atoms with Crippen LogP contribution in [-0.2, 0) is 6.61 Å². The summed E-state index contributed by atoms with van der Waals surface area (Å²) in [5, 5.41) is 9.48. The summed E-state index contributed by atoms with van der Waals surface area (Å²) in [6.07, 6.45) is 9.49. The Hall–Kier alpha value is -1.51. The molecular weight excluding hydrogens is 336 g/mol. The van der Waals surface area contributed by atoms with E-state index in [1.807, 2.05) is 6.07 Å². The molecule has 1 atom stereocenters. The Kier molecular flexibility index (Phi) is 10.4. The van der Waals surface area contributed by atoms with E-state index in [-0.39, 0.29) is 12.0 Å². The average molecular weight is 371 g/mol. The normalized spacial score (nSPS) is 12.5. The van der Waals surface area contributed by atoms with Crippen LogP contribution in [0.2, 0.25) is 0 Å². The van der Waals surface area contributed by atoms with Crippen molar-refractivity contribution in [1.82, 2.24) is 0 Å². The lowest BCUT2D eigenvalue weighted by molar-refractivity contribution is 0.281. The van der Waals surface area contributed by atoms with E-state index < -0.39 is 0 Å². The summed E-state index contributed by atoms with van der Waals surface area (Å²) in [5.41, 5.74) is 3.90. The summed E-state index contributed by atoms with van der Waals surface area (Å²) < 4.78 is 0. The van der Waals surface area contributed by atoms with E-state index in [2.05, 4.69) is 94.1 Å². The third-order valence-corrected chi connectivity index (χ3v) is 4.72. The van der Waals surface area contributed by atoms with Gasteiger partial charge in [0.2, 0.25) is 0 Å². The molecule has 142 valence electrons. The molecule has 0 radical (unpaired) electrons. The first-order chi connectivity index (χ1) is 12.6. The molecule has 0 fully saturated rings. The Morgan fingerprint density at radius 3 is 2.27 bits per heavy atom. The van der Waals surface area contributed by atoms with Gasteiger partial charge in [-0.15, -0.1) is 0 Å². The van der Waals surface area contributed by atoms with Crippen LogP contribution in [0.3, 0.4) is 0 Å². The number of allylic oxidation sites excluding steroid dienone is 2. The molecule has 1 nitrogen and oxygen atoms in total. The van der Waals surface area contributed by atoms with Crippen LogP contribution in [-0.4, -0.2) is 11.4 Å². The van der Waals surface area contributed by atoms with E-state index in [0.717, 1.165) is 18.4 Å². The van der Waals surface area contributed by atoms with Crippen molar-refractivity contribution in [2.24, 2.45) is 5.41 Å². The van der Waals surface area contributed by atoms with Crippen LogP contribution in [0.15, 0.2) is 66.7 Å². The van der Waals surface area contributed by atoms with Gasteiger partial charge in [-0.3, -0.25) is 0 Å². The maximum Gasteiger partial charge on any atom is 0.0681 e. The molecule has 2 aromatic rings. The first kappa shape index (κ1) is 22.5. The Labute approximate surface area is 165 Å². The highest BCUT2D eigenvalue weighted by Crippen LogP contribution is 2.39. The standard InChI is InChI=1S/C23H30O.CH4S/c1-4-5-9-15-23(2,3)17-22(20-12-7-6-8-13-20)21-14-10-11-19(16-21)18-24;1-2/h4-8,10-14,16,22,24H,9,15,17-18H2,1-3H3;2H,1H3/b5-4-;. The Bertz CT molecular complexity index is 646. The molecule has 0 aliphatic rings. The van der Waals surface area contributed by atoms with Gasteiger partial charge in [-0.1, -0.05) is 80.6 Å². The van der Waals surface area contributed by atoms with Crippen molar-refractivity contribution < 1.29 is 5.11 Å². The summed E-state index contributed by atoms with van der Waals surface area (Å²) in [6.45, 7) is 6.91. The van der Waals surface area contributed by atoms with Gasteiger partial charge in [0.25, 0.3) is 0 Å². The zero-order valence-corrected chi connectivity index (χ0v) is 17.5. The molecule has 0 aromatic heterocycles. The lowest BCUT2D eigenvalue weighted by Gasteiger charge is -2.30. The SMILES string of the molecule is C/C=C\CCC(C)(C)CC(c1ccccc1)c1cccc(CO)c1.CS. The molecule has 0 heterocycles. The fourth-order valence-electron chi connectivity index (χ4n) is 3.32. The fraction of sp³-hybridized carbons (Fsp3) is 0.417. The maximum atomic E-state index is 9.48. The van der Waals surface area contributed by atoms with Crippen LogP contribution in [0.25, 0.3) is 0 Å². The van der Waals surface area contributed by atoms with Crippen molar-refractivity contribution in [1.29, 1.82) is 0 Å². The number of thiol groups is 1. The van der Waals surface area contributed by atoms with Crippen molar-refractivity contribution in [2.45, 2.75) is 52.6 Å². The molecule has 26 heavy (non-hydrogen) atoms. The van der Waals surface area contributed by atoms with Crippen LogP contribution in [0.4, 0.5) is 0 Å². The maximum absolute atomic E-state index is 9.48. The van der Waals surface area contributed by atoms with Crippen molar-refractivity contribution in [3.8, 4) is 0 Å². The highest BCUT2D eigenvalue weighted by atomic mass is 32.1. The zero-order chi connectivity index (χ0) is 19.4. The summed E-state index contributed by atoms with van der Waals surface area (Å²) in [6, 6.07) is 19.1. The number of aliphatic hydroxyl groups excluding tert-OH is 1. The van der Waals surface area contributed by atoms with Crippen LogP contribution < -0.4 is 0 Å². The summed E-state index contributed by atoms with van der Waals surface area (Å²) in [7, 11) is 0. The van der Waals surface area contributed by atoms with Gasteiger partial charge in [-0.2, -0.15) is 12.6 Å². The molecule has 0 aliphatic carbocycles. The monoisotopic (exact) mass is 370 g/mol. The van der Waals surface area contributed by atoms with Crippen LogP contribution >= 0.6 is 12.6 Å². The third-order valence-electron chi connectivity index (χ3n) is 4.72. The van der Waals surface area contributed by atoms with E-state index in [1.54, 1.807) is 6.26 Å². The van der Waals surface area contributed by atoms with Gasteiger partial charge >= 0.3 is 0 Å². The molecule has 0 amide bonds. The van der Waals surface area contributed by atoms with Gasteiger partial charge in [0.1, 0.15) is 0 Å². The van der Waals surface area contributed by atoms with E-state index in [9.17, 15) is 5.11 Å². The fourth-order valence-corrected chi connectivity index (χ4v) is 3.32. The minimum Gasteiger partial charge on any atom is -0.392 e. The molecule has 2 heteroatoms. The van der Waals surface area contributed by atoms with E-state index in [0.29, 0.717) is 5.92 Å². The number of benzene rings is 2. The molecule has 1 N–H and O–H groups in total. The third kappa shape index (κ3) is 7.39. The molecule has 0 aliphatic heterocycles. The van der Waals surface area contributed by atoms with Gasteiger partial charge in [-0.25, -0.2) is 0 Å².